The largest absolute Gasteiger partial charge is 0.493 e. The summed E-state index contributed by atoms with van der Waals surface area (Å²) in [5.41, 5.74) is 9.10. The number of ether oxygens (including phenoxy) is 3. The number of hydrogen-bond acceptors (Lipinski definition) is 6. The average molecular weight is 412 g/mol. The van der Waals surface area contributed by atoms with Gasteiger partial charge in [-0.25, -0.2) is 0 Å². The third-order valence-corrected chi connectivity index (χ3v) is 4.46. The normalized spacial score (nSPS) is 13.9. The second-order valence-corrected chi connectivity index (χ2v) is 6.68. The molecule has 0 aliphatic heterocycles. The van der Waals surface area contributed by atoms with Crippen molar-refractivity contribution >= 4 is 40.9 Å². The standard InChI is InChI=1S/C17H25N5O3S2/c1-23-13-8-11(9-14(24-2)15(13)25-3)10-18-20-17(27)22-21-16(26)19-12-6-4-5-7-12/h8-10,12H,4-7H2,1-3H3,(H2,19,21,26)(H2,20,22,27)/b18-10+. The van der Waals surface area contributed by atoms with Crippen LogP contribution in [0.25, 0.3) is 0 Å². The highest BCUT2D eigenvalue weighted by molar-refractivity contribution is 7.80. The summed E-state index contributed by atoms with van der Waals surface area (Å²) in [5.74, 6) is 1.61. The van der Waals surface area contributed by atoms with E-state index in [1.807, 2.05) is 0 Å². The van der Waals surface area contributed by atoms with Gasteiger partial charge < -0.3 is 19.5 Å². The zero-order chi connectivity index (χ0) is 19.6. The highest BCUT2D eigenvalue weighted by Crippen LogP contribution is 2.37. The van der Waals surface area contributed by atoms with Crippen molar-refractivity contribution in [2.45, 2.75) is 31.7 Å². The Hall–Kier alpha value is -2.33. The summed E-state index contributed by atoms with van der Waals surface area (Å²) in [6, 6.07) is 4.00. The minimum Gasteiger partial charge on any atom is -0.493 e. The Morgan fingerprint density at radius 1 is 1.00 bits per heavy atom. The Morgan fingerprint density at radius 3 is 2.15 bits per heavy atom. The van der Waals surface area contributed by atoms with E-state index in [0.29, 0.717) is 28.4 Å². The smallest absolute Gasteiger partial charge is 0.205 e. The van der Waals surface area contributed by atoms with Crippen molar-refractivity contribution < 1.29 is 14.2 Å². The van der Waals surface area contributed by atoms with E-state index in [-0.39, 0.29) is 5.11 Å². The molecule has 1 aliphatic carbocycles. The molecule has 0 saturated heterocycles. The van der Waals surface area contributed by atoms with Crippen LogP contribution in [0.2, 0.25) is 0 Å². The molecule has 27 heavy (non-hydrogen) atoms. The molecule has 0 bridgehead atoms. The summed E-state index contributed by atoms with van der Waals surface area (Å²) in [6.07, 6.45) is 6.35. The summed E-state index contributed by atoms with van der Waals surface area (Å²) >= 11 is 10.4. The average Bonchev–Trinajstić information content (AvgIpc) is 3.18. The Morgan fingerprint density at radius 2 is 1.59 bits per heavy atom. The Labute approximate surface area is 170 Å². The van der Waals surface area contributed by atoms with E-state index < -0.39 is 0 Å². The van der Waals surface area contributed by atoms with Crippen LogP contribution in [0.1, 0.15) is 31.2 Å². The molecule has 8 nitrogen and oxygen atoms in total. The van der Waals surface area contributed by atoms with Gasteiger partial charge in [-0.05, 0) is 49.4 Å². The van der Waals surface area contributed by atoms with E-state index >= 15 is 0 Å². The lowest BCUT2D eigenvalue weighted by Gasteiger charge is -2.16. The maximum absolute atomic E-state index is 5.31. The minimum absolute atomic E-state index is 0.286. The molecule has 148 valence electrons. The fourth-order valence-electron chi connectivity index (χ4n) is 2.77. The Kier molecular flexibility index (Phi) is 8.34. The Balaban J connectivity index is 1.83. The van der Waals surface area contributed by atoms with E-state index in [9.17, 15) is 0 Å². The van der Waals surface area contributed by atoms with Gasteiger partial charge >= 0.3 is 0 Å². The van der Waals surface area contributed by atoms with Crippen LogP contribution < -0.4 is 35.8 Å². The highest BCUT2D eigenvalue weighted by Gasteiger charge is 2.15. The summed E-state index contributed by atoms with van der Waals surface area (Å²) in [6.45, 7) is 0. The molecule has 0 atom stereocenters. The number of hydrogen-bond donors (Lipinski definition) is 4. The highest BCUT2D eigenvalue weighted by atomic mass is 32.1. The molecule has 1 fully saturated rings. The number of hydrazone groups is 1. The maximum Gasteiger partial charge on any atom is 0.205 e. The van der Waals surface area contributed by atoms with Crippen molar-refractivity contribution in [1.82, 2.24) is 21.6 Å². The van der Waals surface area contributed by atoms with Gasteiger partial charge in [-0.1, -0.05) is 12.8 Å². The van der Waals surface area contributed by atoms with Gasteiger partial charge in [0.25, 0.3) is 0 Å². The van der Waals surface area contributed by atoms with Gasteiger partial charge in [0.2, 0.25) is 10.9 Å². The van der Waals surface area contributed by atoms with Gasteiger partial charge in [-0.15, -0.1) is 0 Å². The van der Waals surface area contributed by atoms with Crippen LogP contribution >= 0.6 is 24.4 Å². The fourth-order valence-corrected chi connectivity index (χ4v) is 3.10. The third-order valence-electron chi connectivity index (χ3n) is 4.05. The molecule has 0 unspecified atom stereocenters. The first-order valence-electron chi connectivity index (χ1n) is 8.53. The van der Waals surface area contributed by atoms with E-state index in [2.05, 4.69) is 26.7 Å². The molecule has 4 N–H and O–H groups in total. The van der Waals surface area contributed by atoms with Gasteiger partial charge in [-0.2, -0.15) is 5.10 Å². The van der Waals surface area contributed by atoms with Crippen LogP contribution in [-0.2, 0) is 0 Å². The molecular weight excluding hydrogens is 386 g/mol. The van der Waals surface area contributed by atoms with Gasteiger partial charge in [0, 0.05) is 11.6 Å². The molecule has 0 radical (unpaired) electrons. The number of rotatable bonds is 6. The predicted octanol–water partition coefficient (Wildman–Crippen LogP) is 1.83. The maximum atomic E-state index is 5.31. The van der Waals surface area contributed by atoms with E-state index in [0.717, 1.165) is 18.4 Å². The minimum atomic E-state index is 0.286. The summed E-state index contributed by atoms with van der Waals surface area (Å²) in [7, 11) is 4.67. The second-order valence-electron chi connectivity index (χ2n) is 5.86. The van der Waals surface area contributed by atoms with E-state index in [1.54, 1.807) is 39.7 Å². The van der Waals surface area contributed by atoms with E-state index in [4.69, 9.17) is 38.6 Å². The van der Waals surface area contributed by atoms with Crippen molar-refractivity contribution in [3.63, 3.8) is 0 Å². The fraction of sp³-hybridized carbons (Fsp3) is 0.471. The van der Waals surface area contributed by atoms with Crippen molar-refractivity contribution in [3.8, 4) is 17.2 Å². The molecular formula is C17H25N5O3S2. The van der Waals surface area contributed by atoms with Gasteiger partial charge in [0.05, 0.1) is 27.5 Å². The molecule has 1 aromatic carbocycles. The number of nitrogens with one attached hydrogen (secondary N) is 4. The third kappa shape index (κ3) is 6.40. The number of nitrogens with zero attached hydrogens (tertiary/aromatic N) is 1. The zero-order valence-electron chi connectivity index (χ0n) is 15.6. The van der Waals surface area contributed by atoms with Crippen LogP contribution in [0.4, 0.5) is 0 Å². The van der Waals surface area contributed by atoms with Crippen LogP contribution in [0.3, 0.4) is 0 Å². The predicted molar refractivity (Wildman–Crippen MR) is 114 cm³/mol. The SMILES string of the molecule is COc1cc(/C=N/NC(=S)NNC(=S)NC2CCCC2)cc(OC)c1OC. The van der Waals surface area contributed by atoms with Gasteiger partial charge in [-0.3, -0.25) is 16.3 Å². The van der Waals surface area contributed by atoms with E-state index in [1.165, 1.54) is 12.8 Å². The molecule has 0 spiro atoms. The topological polar surface area (TPSA) is 88.2 Å². The summed E-state index contributed by atoms with van der Waals surface area (Å²) in [4.78, 5) is 0. The molecule has 0 amide bonds. The van der Waals surface area contributed by atoms with Crippen molar-refractivity contribution in [3.05, 3.63) is 17.7 Å². The monoisotopic (exact) mass is 411 g/mol. The number of thiocarbonyl (C=S) groups is 2. The first-order valence-corrected chi connectivity index (χ1v) is 9.34. The van der Waals surface area contributed by atoms with Crippen LogP contribution in [-0.4, -0.2) is 43.8 Å². The number of benzene rings is 1. The van der Waals surface area contributed by atoms with Crippen molar-refractivity contribution in [2.24, 2.45) is 5.10 Å². The molecule has 1 aliphatic rings. The summed E-state index contributed by atoms with van der Waals surface area (Å²) in [5, 5.41) is 8.14. The quantitative estimate of drug-likeness (QED) is 0.318. The first-order chi connectivity index (χ1) is 13.1. The van der Waals surface area contributed by atoms with Crippen LogP contribution in [0.15, 0.2) is 17.2 Å². The van der Waals surface area contributed by atoms with Gasteiger partial charge in [0.15, 0.2) is 16.6 Å². The second kappa shape index (κ2) is 10.7. The molecule has 1 saturated carbocycles. The lowest BCUT2D eigenvalue weighted by atomic mass is 10.2. The molecule has 10 heteroatoms. The number of methoxy groups -OCH3 is 3. The molecule has 2 rings (SSSR count). The Bertz CT molecular complexity index is 668. The first kappa shape index (κ1) is 21.0. The van der Waals surface area contributed by atoms with Crippen molar-refractivity contribution in [1.29, 1.82) is 0 Å². The van der Waals surface area contributed by atoms with Gasteiger partial charge in [0.1, 0.15) is 0 Å². The van der Waals surface area contributed by atoms with Crippen LogP contribution in [0.5, 0.6) is 17.2 Å². The van der Waals surface area contributed by atoms with Crippen molar-refractivity contribution in [2.75, 3.05) is 21.3 Å². The summed E-state index contributed by atoms with van der Waals surface area (Å²) < 4.78 is 15.9. The lowest BCUT2D eigenvalue weighted by Crippen LogP contribution is -2.51. The molecule has 0 aromatic heterocycles. The van der Waals surface area contributed by atoms with Crippen LogP contribution in [0, 0.1) is 0 Å². The molecule has 1 aromatic rings. The number of hydrazine groups is 1. The zero-order valence-corrected chi connectivity index (χ0v) is 17.3. The molecule has 0 heterocycles. The lowest BCUT2D eigenvalue weighted by molar-refractivity contribution is 0.324.